The fraction of sp³-hybridized carbons (Fsp3) is 0.556. The Morgan fingerprint density at radius 3 is 3.14 bits per heavy atom. The van der Waals surface area contributed by atoms with E-state index in [0.29, 0.717) is 11.9 Å². The van der Waals surface area contributed by atoms with Crippen LogP contribution < -0.4 is 10.6 Å². The van der Waals surface area contributed by atoms with Crippen molar-refractivity contribution in [3.63, 3.8) is 0 Å². The van der Waals surface area contributed by atoms with Gasteiger partial charge in [-0.05, 0) is 18.9 Å². The molecule has 1 aliphatic rings. The summed E-state index contributed by atoms with van der Waals surface area (Å²) in [5.74, 6) is 0.894. The highest BCUT2D eigenvalue weighted by Gasteiger charge is 2.29. The summed E-state index contributed by atoms with van der Waals surface area (Å²) in [7, 11) is 0. The van der Waals surface area contributed by atoms with Crippen LogP contribution in [0.2, 0.25) is 0 Å². The third-order valence-electron chi connectivity index (χ3n) is 2.56. The molecule has 1 aromatic rings. The fourth-order valence-electron chi connectivity index (χ4n) is 1.71. The van der Waals surface area contributed by atoms with Crippen molar-refractivity contribution < 1.29 is 4.79 Å². The van der Waals surface area contributed by atoms with Crippen LogP contribution in [-0.4, -0.2) is 28.5 Å². The minimum Gasteiger partial charge on any atom is -0.331 e. The molecule has 2 unspecified atom stereocenters. The molecule has 14 heavy (non-hydrogen) atoms. The summed E-state index contributed by atoms with van der Waals surface area (Å²) in [6.07, 6.45) is 4.35. The van der Waals surface area contributed by atoms with E-state index in [9.17, 15) is 4.79 Å². The first-order chi connectivity index (χ1) is 6.77. The molecule has 0 aromatic carbocycles. The largest absolute Gasteiger partial charge is 0.331 e. The molecule has 0 spiro atoms. The quantitative estimate of drug-likeness (QED) is 0.636. The van der Waals surface area contributed by atoms with Crippen LogP contribution in [0.15, 0.2) is 12.4 Å². The average Bonchev–Trinajstić information content (AvgIpc) is 2.75. The number of amides is 1. The number of anilines is 1. The SMILES string of the molecule is CC1CCNC1C(=O)Nc1ncc[nH]1. The fourth-order valence-corrected chi connectivity index (χ4v) is 1.71. The van der Waals surface area contributed by atoms with Crippen molar-refractivity contribution in [1.29, 1.82) is 0 Å². The van der Waals surface area contributed by atoms with Crippen LogP contribution in [0.1, 0.15) is 13.3 Å². The Morgan fingerprint density at radius 1 is 1.71 bits per heavy atom. The molecule has 1 aromatic heterocycles. The monoisotopic (exact) mass is 194 g/mol. The van der Waals surface area contributed by atoms with E-state index in [1.54, 1.807) is 12.4 Å². The molecule has 5 heteroatoms. The number of hydrogen-bond donors (Lipinski definition) is 3. The van der Waals surface area contributed by atoms with Crippen LogP contribution in [0.4, 0.5) is 5.95 Å². The van der Waals surface area contributed by atoms with Crippen molar-refractivity contribution in [3.05, 3.63) is 12.4 Å². The highest BCUT2D eigenvalue weighted by Crippen LogP contribution is 2.15. The lowest BCUT2D eigenvalue weighted by molar-refractivity contribution is -0.118. The summed E-state index contributed by atoms with van der Waals surface area (Å²) in [4.78, 5) is 18.5. The Bertz CT molecular complexity index is 309. The first-order valence-corrected chi connectivity index (χ1v) is 4.81. The maximum Gasteiger partial charge on any atom is 0.244 e. The van der Waals surface area contributed by atoms with E-state index >= 15 is 0 Å². The van der Waals surface area contributed by atoms with Gasteiger partial charge in [0.25, 0.3) is 0 Å². The van der Waals surface area contributed by atoms with Gasteiger partial charge in [-0.3, -0.25) is 10.1 Å². The van der Waals surface area contributed by atoms with Crippen molar-refractivity contribution in [2.75, 3.05) is 11.9 Å². The van der Waals surface area contributed by atoms with Gasteiger partial charge in [0.1, 0.15) is 0 Å². The molecule has 5 nitrogen and oxygen atoms in total. The lowest BCUT2D eigenvalue weighted by Crippen LogP contribution is -2.39. The van der Waals surface area contributed by atoms with Gasteiger partial charge in [0, 0.05) is 12.4 Å². The van der Waals surface area contributed by atoms with Crippen LogP contribution in [0.3, 0.4) is 0 Å². The number of nitrogens with zero attached hydrogens (tertiary/aromatic N) is 1. The van der Waals surface area contributed by atoms with Gasteiger partial charge in [0.05, 0.1) is 6.04 Å². The minimum atomic E-state index is -0.0832. The third-order valence-corrected chi connectivity index (χ3v) is 2.56. The highest BCUT2D eigenvalue weighted by molar-refractivity contribution is 5.93. The molecule has 1 aliphatic heterocycles. The number of aromatic amines is 1. The second-order valence-electron chi connectivity index (χ2n) is 3.62. The lowest BCUT2D eigenvalue weighted by atomic mass is 10.0. The van der Waals surface area contributed by atoms with Gasteiger partial charge in [-0.25, -0.2) is 4.98 Å². The number of rotatable bonds is 2. The first-order valence-electron chi connectivity index (χ1n) is 4.81. The number of imidazole rings is 1. The van der Waals surface area contributed by atoms with Crippen LogP contribution in [0.25, 0.3) is 0 Å². The molecular formula is C9H14N4O. The Hall–Kier alpha value is -1.36. The van der Waals surface area contributed by atoms with Crippen molar-refractivity contribution in [3.8, 4) is 0 Å². The van der Waals surface area contributed by atoms with Crippen LogP contribution in [0.5, 0.6) is 0 Å². The van der Waals surface area contributed by atoms with Crippen LogP contribution in [-0.2, 0) is 4.79 Å². The van der Waals surface area contributed by atoms with Crippen LogP contribution in [0, 0.1) is 5.92 Å². The van der Waals surface area contributed by atoms with E-state index in [2.05, 4.69) is 27.5 Å². The Labute approximate surface area is 82.3 Å². The highest BCUT2D eigenvalue weighted by atomic mass is 16.2. The summed E-state index contributed by atoms with van der Waals surface area (Å²) < 4.78 is 0. The smallest absolute Gasteiger partial charge is 0.244 e. The molecule has 0 bridgehead atoms. The summed E-state index contributed by atoms with van der Waals surface area (Å²) in [5.41, 5.74) is 0. The molecule has 3 N–H and O–H groups in total. The minimum absolute atomic E-state index is 0.00931. The Balaban J connectivity index is 1.95. The molecule has 2 rings (SSSR count). The van der Waals surface area contributed by atoms with Gasteiger partial charge >= 0.3 is 0 Å². The Kier molecular flexibility index (Phi) is 2.49. The van der Waals surface area contributed by atoms with E-state index in [0.717, 1.165) is 13.0 Å². The average molecular weight is 194 g/mol. The number of carbonyl (C=O) groups excluding carboxylic acids is 1. The second kappa shape index (κ2) is 3.79. The second-order valence-corrected chi connectivity index (χ2v) is 3.62. The van der Waals surface area contributed by atoms with Gasteiger partial charge in [-0.15, -0.1) is 0 Å². The predicted molar refractivity (Wildman–Crippen MR) is 52.8 cm³/mol. The number of H-pyrrole nitrogens is 1. The van der Waals surface area contributed by atoms with Gasteiger partial charge in [0.2, 0.25) is 11.9 Å². The van der Waals surface area contributed by atoms with E-state index < -0.39 is 0 Å². The van der Waals surface area contributed by atoms with Gasteiger partial charge in [0.15, 0.2) is 0 Å². The zero-order valence-electron chi connectivity index (χ0n) is 8.08. The zero-order valence-corrected chi connectivity index (χ0v) is 8.08. The third kappa shape index (κ3) is 1.77. The maximum absolute atomic E-state index is 11.7. The van der Waals surface area contributed by atoms with Gasteiger partial charge in [-0.1, -0.05) is 6.92 Å². The Morgan fingerprint density at radius 2 is 2.57 bits per heavy atom. The maximum atomic E-state index is 11.7. The van der Waals surface area contributed by atoms with Crippen molar-refractivity contribution in [1.82, 2.24) is 15.3 Å². The van der Waals surface area contributed by atoms with E-state index in [1.807, 2.05) is 0 Å². The molecule has 0 saturated carbocycles. The molecular weight excluding hydrogens is 180 g/mol. The topological polar surface area (TPSA) is 69.8 Å². The van der Waals surface area contributed by atoms with Gasteiger partial charge < -0.3 is 10.3 Å². The first kappa shape index (κ1) is 9.21. The zero-order chi connectivity index (χ0) is 9.97. The van der Waals surface area contributed by atoms with E-state index in [4.69, 9.17) is 0 Å². The number of hydrogen-bond acceptors (Lipinski definition) is 3. The molecule has 0 radical (unpaired) electrons. The van der Waals surface area contributed by atoms with E-state index in [-0.39, 0.29) is 11.9 Å². The number of carbonyl (C=O) groups is 1. The summed E-state index contributed by atoms with van der Waals surface area (Å²) >= 11 is 0. The van der Waals surface area contributed by atoms with Crippen molar-refractivity contribution >= 4 is 11.9 Å². The molecule has 2 atom stereocenters. The van der Waals surface area contributed by atoms with E-state index in [1.165, 1.54) is 0 Å². The van der Waals surface area contributed by atoms with Gasteiger partial charge in [-0.2, -0.15) is 0 Å². The predicted octanol–water partition coefficient (Wildman–Crippen LogP) is 0.346. The molecule has 1 amide bonds. The normalized spacial score (nSPS) is 26.4. The molecule has 1 saturated heterocycles. The van der Waals surface area contributed by atoms with Crippen molar-refractivity contribution in [2.24, 2.45) is 5.92 Å². The summed E-state index contributed by atoms with van der Waals surface area (Å²) in [6, 6.07) is -0.0832. The summed E-state index contributed by atoms with van der Waals surface area (Å²) in [6.45, 7) is 2.99. The molecule has 1 fully saturated rings. The standard InChI is InChI=1S/C9H14N4O/c1-6-2-3-10-7(6)8(14)13-9-11-4-5-12-9/h4-7,10H,2-3H2,1H3,(H2,11,12,13,14). The van der Waals surface area contributed by atoms with Crippen LogP contribution >= 0.6 is 0 Å². The number of aromatic nitrogens is 2. The molecule has 2 heterocycles. The molecule has 76 valence electrons. The molecule has 0 aliphatic carbocycles. The lowest BCUT2D eigenvalue weighted by Gasteiger charge is -2.13. The number of nitrogens with one attached hydrogen (secondary N) is 3. The van der Waals surface area contributed by atoms with Crippen molar-refractivity contribution in [2.45, 2.75) is 19.4 Å². The summed E-state index contributed by atoms with van der Waals surface area (Å²) in [5, 5.41) is 5.89.